The summed E-state index contributed by atoms with van der Waals surface area (Å²) >= 11 is 1.80. The fraction of sp³-hybridized carbons (Fsp3) is 0.571. The van der Waals surface area contributed by atoms with Crippen molar-refractivity contribution in [3.63, 3.8) is 0 Å². The van der Waals surface area contributed by atoms with Gasteiger partial charge in [-0.2, -0.15) is 11.8 Å². The quantitative estimate of drug-likeness (QED) is 0.786. The molecular weight excluding hydrogens is 230 g/mol. The van der Waals surface area contributed by atoms with Gasteiger partial charge in [0, 0.05) is 23.4 Å². The molecule has 0 atom stereocenters. The van der Waals surface area contributed by atoms with E-state index in [0.717, 1.165) is 24.7 Å². The van der Waals surface area contributed by atoms with Crippen LogP contribution in [0, 0.1) is 0 Å². The molecule has 0 fully saturated rings. The van der Waals surface area contributed by atoms with E-state index in [0.29, 0.717) is 0 Å². The summed E-state index contributed by atoms with van der Waals surface area (Å²) < 4.78 is 5.78. The molecule has 17 heavy (non-hydrogen) atoms. The van der Waals surface area contributed by atoms with Crippen molar-refractivity contribution in [2.24, 2.45) is 0 Å². The highest BCUT2D eigenvalue weighted by molar-refractivity contribution is 7.98. The molecule has 0 heterocycles. The number of benzene rings is 1. The number of hydrogen-bond acceptors (Lipinski definition) is 3. The van der Waals surface area contributed by atoms with Gasteiger partial charge in [-0.25, -0.2) is 0 Å². The average Bonchev–Trinajstić information content (AvgIpc) is 2.27. The summed E-state index contributed by atoms with van der Waals surface area (Å²) in [6, 6.07) is 8.24. The maximum atomic E-state index is 5.78. The lowest BCUT2D eigenvalue weighted by Gasteiger charge is -2.21. The summed E-state index contributed by atoms with van der Waals surface area (Å²) in [6.45, 7) is 8.13. The third kappa shape index (κ3) is 5.99. The minimum Gasteiger partial charge on any atom is -0.492 e. The van der Waals surface area contributed by atoms with Crippen LogP contribution >= 0.6 is 11.8 Å². The van der Waals surface area contributed by atoms with Gasteiger partial charge in [0.25, 0.3) is 0 Å². The highest BCUT2D eigenvalue weighted by Crippen LogP contribution is 2.18. The van der Waals surface area contributed by atoms with E-state index in [1.807, 2.05) is 12.1 Å². The van der Waals surface area contributed by atoms with Crippen LogP contribution in [0.15, 0.2) is 24.3 Å². The topological polar surface area (TPSA) is 21.3 Å². The number of hydrogen-bond donors (Lipinski definition) is 1. The van der Waals surface area contributed by atoms with Crippen molar-refractivity contribution in [3.05, 3.63) is 29.8 Å². The van der Waals surface area contributed by atoms with Crippen LogP contribution in [0.25, 0.3) is 0 Å². The van der Waals surface area contributed by atoms with Gasteiger partial charge < -0.3 is 10.1 Å². The molecule has 0 aliphatic heterocycles. The first kappa shape index (κ1) is 14.4. The zero-order chi connectivity index (χ0) is 12.7. The van der Waals surface area contributed by atoms with Crippen molar-refractivity contribution in [3.8, 4) is 5.75 Å². The first-order valence-corrected chi connectivity index (χ1v) is 7.37. The van der Waals surface area contributed by atoms with Gasteiger partial charge in [0.05, 0.1) is 6.61 Å². The lowest BCUT2D eigenvalue weighted by Crippen LogP contribution is -2.35. The molecule has 1 N–H and O–H groups in total. The van der Waals surface area contributed by atoms with E-state index in [9.17, 15) is 0 Å². The first-order valence-electron chi connectivity index (χ1n) is 5.97. The Hall–Kier alpha value is -0.670. The molecule has 0 saturated heterocycles. The van der Waals surface area contributed by atoms with Crippen LogP contribution in [0.1, 0.15) is 26.3 Å². The smallest absolute Gasteiger partial charge is 0.123 e. The van der Waals surface area contributed by atoms with Gasteiger partial charge in [-0.15, -0.1) is 0 Å². The molecule has 1 aromatic rings. The van der Waals surface area contributed by atoms with Crippen LogP contribution in [0.5, 0.6) is 5.75 Å². The Labute approximate surface area is 109 Å². The molecule has 0 aliphatic rings. The molecule has 2 nitrogen and oxygen atoms in total. The van der Waals surface area contributed by atoms with E-state index in [4.69, 9.17) is 4.74 Å². The minimum atomic E-state index is 0.131. The van der Waals surface area contributed by atoms with Crippen molar-refractivity contribution >= 4 is 11.8 Å². The zero-order valence-corrected chi connectivity index (χ0v) is 12.1. The molecule has 0 unspecified atom stereocenters. The Morgan fingerprint density at radius 3 is 2.59 bits per heavy atom. The molecule has 96 valence electrons. The van der Waals surface area contributed by atoms with E-state index in [2.05, 4.69) is 44.5 Å². The molecule has 0 aliphatic carbocycles. The van der Waals surface area contributed by atoms with Gasteiger partial charge in [0.1, 0.15) is 5.75 Å². The molecule has 0 amide bonds. The molecule has 0 aromatic heterocycles. The summed E-state index contributed by atoms with van der Waals surface area (Å²) in [7, 11) is 0. The molecule has 0 saturated carbocycles. The van der Waals surface area contributed by atoms with Crippen LogP contribution in [-0.4, -0.2) is 24.2 Å². The molecule has 0 radical (unpaired) electrons. The molecule has 3 heteroatoms. The second kappa shape index (κ2) is 6.92. The number of rotatable bonds is 6. The summed E-state index contributed by atoms with van der Waals surface area (Å²) in [5, 5.41) is 3.48. The number of thioether (sulfide) groups is 1. The van der Waals surface area contributed by atoms with E-state index in [1.165, 1.54) is 5.56 Å². The molecule has 1 rings (SSSR count). The van der Waals surface area contributed by atoms with Crippen molar-refractivity contribution in [1.82, 2.24) is 5.32 Å². The molecular formula is C14H23NOS. The monoisotopic (exact) mass is 253 g/mol. The van der Waals surface area contributed by atoms with Gasteiger partial charge >= 0.3 is 0 Å². The van der Waals surface area contributed by atoms with Gasteiger partial charge in [0.2, 0.25) is 0 Å². The van der Waals surface area contributed by atoms with Crippen LogP contribution in [0.2, 0.25) is 0 Å². The average molecular weight is 253 g/mol. The lowest BCUT2D eigenvalue weighted by atomic mass is 10.1. The van der Waals surface area contributed by atoms with E-state index < -0.39 is 0 Å². The van der Waals surface area contributed by atoms with E-state index >= 15 is 0 Å². The van der Waals surface area contributed by atoms with Gasteiger partial charge in [-0.3, -0.25) is 0 Å². The summed E-state index contributed by atoms with van der Waals surface area (Å²) in [4.78, 5) is 0. The second-order valence-corrected chi connectivity index (χ2v) is 6.04. The van der Waals surface area contributed by atoms with E-state index in [1.54, 1.807) is 11.8 Å². The summed E-state index contributed by atoms with van der Waals surface area (Å²) in [5.41, 5.74) is 1.36. The standard InChI is InChI=1S/C14H23NOS/c1-14(2,3)15-11-12-7-5-6-8-13(12)16-9-10-17-4/h5-8,15H,9-11H2,1-4H3. The van der Waals surface area contributed by atoms with Crippen LogP contribution < -0.4 is 10.1 Å². The first-order chi connectivity index (χ1) is 8.03. The number of nitrogens with one attached hydrogen (secondary N) is 1. The van der Waals surface area contributed by atoms with Crippen molar-refractivity contribution in [2.45, 2.75) is 32.9 Å². The van der Waals surface area contributed by atoms with Gasteiger partial charge in [-0.05, 0) is 33.1 Å². The maximum absolute atomic E-state index is 5.78. The van der Waals surface area contributed by atoms with E-state index in [-0.39, 0.29) is 5.54 Å². The van der Waals surface area contributed by atoms with Crippen LogP contribution in [-0.2, 0) is 6.54 Å². The Morgan fingerprint density at radius 1 is 1.24 bits per heavy atom. The van der Waals surface area contributed by atoms with Crippen molar-refractivity contribution < 1.29 is 4.74 Å². The molecule has 0 spiro atoms. The zero-order valence-electron chi connectivity index (χ0n) is 11.2. The number of para-hydroxylation sites is 1. The normalized spacial score (nSPS) is 11.5. The van der Waals surface area contributed by atoms with Gasteiger partial charge in [-0.1, -0.05) is 18.2 Å². The maximum Gasteiger partial charge on any atom is 0.123 e. The highest BCUT2D eigenvalue weighted by Gasteiger charge is 2.10. The Bertz CT molecular complexity index is 333. The van der Waals surface area contributed by atoms with Crippen LogP contribution in [0.3, 0.4) is 0 Å². The Morgan fingerprint density at radius 2 is 1.94 bits per heavy atom. The predicted molar refractivity (Wildman–Crippen MR) is 76.9 cm³/mol. The SMILES string of the molecule is CSCCOc1ccccc1CNC(C)(C)C. The third-order valence-electron chi connectivity index (χ3n) is 2.33. The van der Waals surface area contributed by atoms with Gasteiger partial charge in [0.15, 0.2) is 0 Å². The molecule has 1 aromatic carbocycles. The lowest BCUT2D eigenvalue weighted by molar-refractivity contribution is 0.335. The van der Waals surface area contributed by atoms with Crippen molar-refractivity contribution in [2.75, 3.05) is 18.6 Å². The summed E-state index contributed by atoms with van der Waals surface area (Å²) in [5.74, 6) is 2.03. The van der Waals surface area contributed by atoms with Crippen molar-refractivity contribution in [1.29, 1.82) is 0 Å². The molecule has 0 bridgehead atoms. The fourth-order valence-electron chi connectivity index (χ4n) is 1.39. The Kier molecular flexibility index (Phi) is 5.86. The fourth-order valence-corrected chi connectivity index (χ4v) is 1.64. The third-order valence-corrected chi connectivity index (χ3v) is 2.90. The number of ether oxygens (including phenoxy) is 1. The predicted octanol–water partition coefficient (Wildman–Crippen LogP) is 3.32. The second-order valence-electron chi connectivity index (χ2n) is 5.05. The highest BCUT2D eigenvalue weighted by atomic mass is 32.2. The minimum absolute atomic E-state index is 0.131. The largest absolute Gasteiger partial charge is 0.492 e. The summed E-state index contributed by atoms with van der Waals surface area (Å²) in [6.07, 6.45) is 2.09. The van der Waals surface area contributed by atoms with Crippen LogP contribution in [0.4, 0.5) is 0 Å². The Balaban J connectivity index is 2.58.